The van der Waals surface area contributed by atoms with E-state index in [-0.39, 0.29) is 16.2 Å². The Morgan fingerprint density at radius 2 is 1.35 bits per heavy atom. The quantitative estimate of drug-likeness (QED) is 0.222. The summed E-state index contributed by atoms with van der Waals surface area (Å²) in [4.78, 5) is 3.75. The number of nitrogens with zero attached hydrogens (tertiary/aromatic N) is 1. The Morgan fingerprint density at radius 1 is 0.600 bits per heavy atom. The van der Waals surface area contributed by atoms with Crippen molar-refractivity contribution in [3.8, 4) is 5.69 Å². The number of hydrogen-bond acceptors (Lipinski definition) is 0. The van der Waals surface area contributed by atoms with Crippen LogP contribution in [0, 0.1) is 5.41 Å². The summed E-state index contributed by atoms with van der Waals surface area (Å²) in [5.41, 5.74) is 9.54. The van der Waals surface area contributed by atoms with Crippen molar-refractivity contribution in [1.29, 1.82) is 0 Å². The third-order valence-corrected chi connectivity index (χ3v) is 10.5. The molecule has 2 heterocycles. The molecule has 40 heavy (non-hydrogen) atoms. The highest BCUT2D eigenvalue weighted by Crippen LogP contribution is 2.56. The zero-order chi connectivity index (χ0) is 27.6. The number of rotatable bonds is 1. The Morgan fingerprint density at radius 3 is 2.17 bits per heavy atom. The molecule has 5 aromatic carbocycles. The van der Waals surface area contributed by atoms with Crippen LogP contribution in [0.15, 0.2) is 91.0 Å². The van der Waals surface area contributed by atoms with Crippen molar-refractivity contribution in [3.05, 3.63) is 102 Å². The van der Waals surface area contributed by atoms with Crippen LogP contribution >= 0.6 is 0 Å². The fraction of sp³-hybridized carbons (Fsp3) is 0.263. The first-order valence-corrected chi connectivity index (χ1v) is 14.6. The lowest BCUT2D eigenvalue weighted by molar-refractivity contribution is 0.119. The van der Waals surface area contributed by atoms with Gasteiger partial charge in [0.25, 0.3) is 0 Å². The molecule has 1 N–H and O–H groups in total. The number of H-pyrrole nitrogens is 1. The molecular formula is C38H36N2. The second kappa shape index (κ2) is 7.57. The number of benzene rings is 5. The van der Waals surface area contributed by atoms with Crippen molar-refractivity contribution in [3.63, 3.8) is 0 Å². The largest absolute Gasteiger partial charge is 0.354 e. The SMILES string of the molecule is CC1(C)CC(C)(C)C(C)(C)c2ccc(-n3c4ccccc4c4cc5c(cc43)[nH]c3ccc4ccccc4c35)cc21. The molecule has 0 spiro atoms. The lowest BCUT2D eigenvalue weighted by Gasteiger charge is -2.53. The van der Waals surface area contributed by atoms with Crippen molar-refractivity contribution in [2.75, 3.05) is 0 Å². The number of para-hydroxylation sites is 1. The van der Waals surface area contributed by atoms with Gasteiger partial charge in [-0.05, 0) is 81.0 Å². The van der Waals surface area contributed by atoms with E-state index < -0.39 is 0 Å². The van der Waals surface area contributed by atoms with Gasteiger partial charge in [0.2, 0.25) is 0 Å². The van der Waals surface area contributed by atoms with E-state index in [0.717, 1.165) is 0 Å². The molecule has 0 amide bonds. The molecule has 0 radical (unpaired) electrons. The van der Waals surface area contributed by atoms with Crippen LogP contribution in [0.25, 0.3) is 60.1 Å². The van der Waals surface area contributed by atoms with Gasteiger partial charge >= 0.3 is 0 Å². The third kappa shape index (κ3) is 3.00. The van der Waals surface area contributed by atoms with Gasteiger partial charge in [0.05, 0.1) is 11.0 Å². The van der Waals surface area contributed by atoms with E-state index in [2.05, 4.69) is 142 Å². The first-order chi connectivity index (χ1) is 19.1. The number of hydrogen-bond donors (Lipinski definition) is 1. The second-order valence-electron chi connectivity index (χ2n) is 13.9. The molecule has 0 bridgehead atoms. The molecule has 2 aromatic heterocycles. The fourth-order valence-electron chi connectivity index (χ4n) is 7.98. The van der Waals surface area contributed by atoms with E-state index >= 15 is 0 Å². The average molecular weight is 521 g/mol. The summed E-state index contributed by atoms with van der Waals surface area (Å²) in [5, 5.41) is 7.78. The highest BCUT2D eigenvalue weighted by molar-refractivity contribution is 6.24. The zero-order valence-electron chi connectivity index (χ0n) is 24.3. The molecule has 0 aliphatic heterocycles. The van der Waals surface area contributed by atoms with Crippen LogP contribution < -0.4 is 0 Å². The fourth-order valence-corrected chi connectivity index (χ4v) is 7.98. The highest BCUT2D eigenvalue weighted by atomic mass is 15.0. The van der Waals surface area contributed by atoms with E-state index in [0.29, 0.717) is 0 Å². The van der Waals surface area contributed by atoms with Gasteiger partial charge in [0, 0.05) is 38.3 Å². The lowest BCUT2D eigenvalue weighted by Crippen LogP contribution is -2.47. The standard InChI is InChI=1S/C38H36N2/c1-36(2)22-37(3,4)38(5,6)29-17-16-24(19-30(29)36)40-33-14-10-9-13-26(33)27-20-28-32(21-34(27)40)39-31-18-15-23-11-7-8-12-25(23)35(28)31/h7-21,39H,22H2,1-6H3. The first kappa shape index (κ1) is 23.8. The lowest BCUT2D eigenvalue weighted by atomic mass is 9.51. The number of fused-ring (bicyclic) bond motifs is 9. The van der Waals surface area contributed by atoms with Gasteiger partial charge in [-0.1, -0.05) is 96.1 Å². The summed E-state index contributed by atoms with van der Waals surface area (Å²) >= 11 is 0. The van der Waals surface area contributed by atoms with Crippen LogP contribution in [0.1, 0.15) is 59.1 Å². The minimum absolute atomic E-state index is 0.106. The smallest absolute Gasteiger partial charge is 0.0562 e. The monoisotopic (exact) mass is 520 g/mol. The van der Waals surface area contributed by atoms with Gasteiger partial charge in [-0.2, -0.15) is 0 Å². The Kier molecular flexibility index (Phi) is 4.51. The molecule has 0 saturated carbocycles. The summed E-state index contributed by atoms with van der Waals surface area (Å²) in [6.45, 7) is 14.6. The van der Waals surface area contributed by atoms with E-state index in [4.69, 9.17) is 0 Å². The molecule has 198 valence electrons. The van der Waals surface area contributed by atoms with Gasteiger partial charge in [-0.15, -0.1) is 0 Å². The Bertz CT molecular complexity index is 2160. The second-order valence-corrected chi connectivity index (χ2v) is 13.9. The molecule has 1 aliphatic carbocycles. The van der Waals surface area contributed by atoms with Crippen LogP contribution in [-0.2, 0) is 10.8 Å². The minimum Gasteiger partial charge on any atom is -0.354 e. The molecular weight excluding hydrogens is 484 g/mol. The van der Waals surface area contributed by atoms with Crippen LogP contribution in [0.3, 0.4) is 0 Å². The molecule has 1 aliphatic rings. The maximum atomic E-state index is 3.75. The van der Waals surface area contributed by atoms with E-state index in [1.807, 2.05) is 0 Å². The maximum Gasteiger partial charge on any atom is 0.0562 e. The predicted molar refractivity (Wildman–Crippen MR) is 172 cm³/mol. The van der Waals surface area contributed by atoms with Gasteiger partial charge in [0.15, 0.2) is 0 Å². The molecule has 2 heteroatoms. The number of aromatic amines is 1. The maximum absolute atomic E-state index is 3.75. The van der Waals surface area contributed by atoms with Crippen LogP contribution in [0.5, 0.6) is 0 Å². The molecule has 8 rings (SSSR count). The van der Waals surface area contributed by atoms with Crippen LogP contribution in [0.4, 0.5) is 0 Å². The summed E-state index contributed by atoms with van der Waals surface area (Å²) < 4.78 is 2.48. The molecule has 0 atom stereocenters. The van der Waals surface area contributed by atoms with Gasteiger partial charge in [0.1, 0.15) is 0 Å². The summed E-state index contributed by atoms with van der Waals surface area (Å²) in [5.74, 6) is 0. The molecule has 0 saturated heterocycles. The van der Waals surface area contributed by atoms with Crippen molar-refractivity contribution < 1.29 is 0 Å². The normalized spacial score (nSPS) is 17.8. The van der Waals surface area contributed by atoms with E-state index in [1.165, 1.54) is 77.6 Å². The molecule has 0 fully saturated rings. The van der Waals surface area contributed by atoms with E-state index in [9.17, 15) is 0 Å². The summed E-state index contributed by atoms with van der Waals surface area (Å²) in [7, 11) is 0. The minimum atomic E-state index is 0.106. The highest BCUT2D eigenvalue weighted by Gasteiger charge is 2.48. The number of nitrogens with one attached hydrogen (secondary N) is 1. The predicted octanol–water partition coefficient (Wildman–Crippen LogP) is 10.6. The Labute approximate surface area is 235 Å². The van der Waals surface area contributed by atoms with Gasteiger partial charge in [-0.3, -0.25) is 0 Å². The topological polar surface area (TPSA) is 20.7 Å². The van der Waals surface area contributed by atoms with Crippen molar-refractivity contribution >= 4 is 54.4 Å². The van der Waals surface area contributed by atoms with Gasteiger partial charge in [-0.25, -0.2) is 0 Å². The summed E-state index contributed by atoms with van der Waals surface area (Å²) in [6.07, 6.45) is 1.17. The summed E-state index contributed by atoms with van der Waals surface area (Å²) in [6, 6.07) is 34.1. The molecule has 7 aromatic rings. The van der Waals surface area contributed by atoms with Gasteiger partial charge < -0.3 is 9.55 Å². The molecule has 0 unspecified atom stereocenters. The third-order valence-electron chi connectivity index (χ3n) is 10.5. The molecule has 2 nitrogen and oxygen atoms in total. The average Bonchev–Trinajstić information content (AvgIpc) is 3.45. The van der Waals surface area contributed by atoms with Crippen molar-refractivity contribution in [1.82, 2.24) is 9.55 Å². The van der Waals surface area contributed by atoms with E-state index in [1.54, 1.807) is 0 Å². The van der Waals surface area contributed by atoms with Crippen molar-refractivity contribution in [2.45, 2.75) is 58.8 Å². The van der Waals surface area contributed by atoms with Crippen LogP contribution in [0.2, 0.25) is 0 Å². The Balaban J connectivity index is 1.45. The zero-order valence-corrected chi connectivity index (χ0v) is 24.3. The first-order valence-electron chi connectivity index (χ1n) is 14.6. The van der Waals surface area contributed by atoms with Crippen molar-refractivity contribution in [2.24, 2.45) is 5.41 Å². The van der Waals surface area contributed by atoms with Crippen LogP contribution in [-0.4, -0.2) is 9.55 Å². The number of aromatic nitrogens is 2. The Hall–Kier alpha value is -4.04.